The van der Waals surface area contributed by atoms with Crippen LogP contribution in [0.3, 0.4) is 0 Å². The van der Waals surface area contributed by atoms with E-state index in [1.165, 1.54) is 0 Å². The van der Waals surface area contributed by atoms with E-state index in [1.54, 1.807) is 4.68 Å². The summed E-state index contributed by atoms with van der Waals surface area (Å²) in [4.78, 5) is 0. The first kappa shape index (κ1) is 12.5. The Labute approximate surface area is 107 Å². The van der Waals surface area contributed by atoms with Crippen molar-refractivity contribution in [2.75, 3.05) is 6.61 Å². The Morgan fingerprint density at radius 1 is 1.33 bits per heavy atom. The number of aromatic nitrogens is 3. The van der Waals surface area contributed by atoms with Gasteiger partial charge in [0.25, 0.3) is 0 Å². The highest BCUT2D eigenvalue weighted by molar-refractivity contribution is 5.57. The van der Waals surface area contributed by atoms with Crippen molar-refractivity contribution in [1.82, 2.24) is 15.0 Å². The zero-order chi connectivity index (χ0) is 13.0. The minimum Gasteiger partial charge on any atom is -0.394 e. The van der Waals surface area contributed by atoms with Crippen LogP contribution < -0.4 is 0 Å². The molecular weight excluding hydrogens is 226 g/mol. The van der Waals surface area contributed by atoms with Crippen molar-refractivity contribution in [1.29, 1.82) is 0 Å². The fourth-order valence-electron chi connectivity index (χ4n) is 1.78. The third kappa shape index (κ3) is 2.84. The molecule has 0 spiro atoms. The Morgan fingerprint density at radius 2 is 2.06 bits per heavy atom. The zero-order valence-corrected chi connectivity index (χ0v) is 10.6. The number of rotatable bonds is 4. The zero-order valence-electron chi connectivity index (χ0n) is 10.6. The van der Waals surface area contributed by atoms with Gasteiger partial charge in [0.1, 0.15) is 5.69 Å². The molecule has 0 aliphatic heterocycles. The fraction of sp³-hybridized carbons (Fsp3) is 0.286. The molecule has 2 aromatic rings. The monoisotopic (exact) mass is 243 g/mol. The van der Waals surface area contributed by atoms with Crippen molar-refractivity contribution in [3.8, 4) is 11.3 Å². The molecule has 4 heteroatoms. The molecule has 0 aliphatic rings. The number of allylic oxidation sites excluding steroid dienone is 1. The lowest BCUT2D eigenvalue weighted by Crippen LogP contribution is -2.11. The molecule has 0 saturated carbocycles. The van der Waals surface area contributed by atoms with Crippen molar-refractivity contribution in [2.45, 2.75) is 19.9 Å². The average Bonchev–Trinajstić information content (AvgIpc) is 2.86. The first-order valence-electron chi connectivity index (χ1n) is 5.94. The average molecular weight is 243 g/mol. The number of aliphatic hydroxyl groups is 1. The van der Waals surface area contributed by atoms with E-state index in [9.17, 15) is 5.11 Å². The third-order valence-electron chi connectivity index (χ3n) is 2.63. The smallest absolute Gasteiger partial charge is 0.113 e. The molecule has 1 unspecified atom stereocenters. The summed E-state index contributed by atoms with van der Waals surface area (Å²) in [5, 5.41) is 17.6. The molecule has 1 heterocycles. The molecule has 0 aliphatic carbocycles. The van der Waals surface area contributed by atoms with Crippen LogP contribution in [0.25, 0.3) is 11.3 Å². The Hall–Kier alpha value is -1.94. The first-order chi connectivity index (χ1) is 8.70. The summed E-state index contributed by atoms with van der Waals surface area (Å²) < 4.78 is 1.69. The van der Waals surface area contributed by atoms with Gasteiger partial charge in [0, 0.05) is 5.56 Å². The molecule has 1 N–H and O–H groups in total. The largest absolute Gasteiger partial charge is 0.394 e. The van der Waals surface area contributed by atoms with Gasteiger partial charge in [0.05, 0.1) is 18.8 Å². The Morgan fingerprint density at radius 3 is 2.67 bits per heavy atom. The van der Waals surface area contributed by atoms with Crippen LogP contribution in [0, 0.1) is 0 Å². The van der Waals surface area contributed by atoms with E-state index in [-0.39, 0.29) is 12.6 Å². The van der Waals surface area contributed by atoms with Crippen LogP contribution in [0.2, 0.25) is 0 Å². The summed E-state index contributed by atoms with van der Waals surface area (Å²) in [7, 11) is 0. The number of nitrogens with zero attached hydrogens (tertiary/aromatic N) is 3. The molecule has 0 fully saturated rings. The van der Waals surface area contributed by atoms with Gasteiger partial charge in [-0.3, -0.25) is 0 Å². The highest BCUT2D eigenvalue weighted by Crippen LogP contribution is 2.17. The second-order valence-corrected chi connectivity index (χ2v) is 4.44. The van der Waals surface area contributed by atoms with Crippen LogP contribution in [-0.4, -0.2) is 26.7 Å². The SMILES string of the molecule is CC(C)=CC(CO)n1cc(-c2ccccc2)nn1. The van der Waals surface area contributed by atoms with E-state index < -0.39 is 0 Å². The van der Waals surface area contributed by atoms with E-state index in [0.717, 1.165) is 16.8 Å². The van der Waals surface area contributed by atoms with Gasteiger partial charge in [-0.1, -0.05) is 47.2 Å². The lowest BCUT2D eigenvalue weighted by Gasteiger charge is -2.09. The molecule has 1 aromatic carbocycles. The van der Waals surface area contributed by atoms with Crippen LogP contribution in [-0.2, 0) is 0 Å². The second-order valence-electron chi connectivity index (χ2n) is 4.44. The molecule has 1 atom stereocenters. The van der Waals surface area contributed by atoms with Gasteiger partial charge in [-0.2, -0.15) is 0 Å². The maximum Gasteiger partial charge on any atom is 0.113 e. The fourth-order valence-corrected chi connectivity index (χ4v) is 1.78. The maximum absolute atomic E-state index is 9.37. The summed E-state index contributed by atoms with van der Waals surface area (Å²) in [6, 6.07) is 9.72. The topological polar surface area (TPSA) is 50.9 Å². The summed E-state index contributed by atoms with van der Waals surface area (Å²) in [6.07, 6.45) is 3.83. The predicted octanol–water partition coefficient (Wildman–Crippen LogP) is 2.44. The van der Waals surface area contributed by atoms with Gasteiger partial charge in [-0.25, -0.2) is 4.68 Å². The Balaban J connectivity index is 2.27. The van der Waals surface area contributed by atoms with Gasteiger partial charge >= 0.3 is 0 Å². The van der Waals surface area contributed by atoms with Crippen LogP contribution in [0.15, 0.2) is 48.2 Å². The van der Waals surface area contributed by atoms with E-state index in [0.29, 0.717) is 0 Å². The van der Waals surface area contributed by atoms with Gasteiger partial charge in [0.15, 0.2) is 0 Å². The number of hydrogen-bond donors (Lipinski definition) is 1. The molecular formula is C14H17N3O. The summed E-state index contributed by atoms with van der Waals surface area (Å²) >= 11 is 0. The Kier molecular flexibility index (Phi) is 3.89. The van der Waals surface area contributed by atoms with Crippen molar-refractivity contribution < 1.29 is 5.11 Å². The lowest BCUT2D eigenvalue weighted by molar-refractivity contribution is 0.243. The summed E-state index contributed by atoms with van der Waals surface area (Å²) in [6.45, 7) is 4.01. The number of hydrogen-bond acceptors (Lipinski definition) is 3. The molecule has 0 saturated heterocycles. The Bertz CT molecular complexity index is 527. The van der Waals surface area contributed by atoms with E-state index in [2.05, 4.69) is 10.3 Å². The van der Waals surface area contributed by atoms with Crippen LogP contribution >= 0.6 is 0 Å². The summed E-state index contributed by atoms with van der Waals surface area (Å²) in [5.41, 5.74) is 2.99. The lowest BCUT2D eigenvalue weighted by atomic mass is 10.2. The van der Waals surface area contributed by atoms with Gasteiger partial charge < -0.3 is 5.11 Å². The molecule has 2 rings (SSSR count). The maximum atomic E-state index is 9.37. The first-order valence-corrected chi connectivity index (χ1v) is 5.94. The van der Waals surface area contributed by atoms with E-state index in [1.807, 2.05) is 56.5 Å². The molecule has 0 bridgehead atoms. The molecule has 0 amide bonds. The van der Waals surface area contributed by atoms with Gasteiger partial charge in [-0.05, 0) is 13.8 Å². The minimum absolute atomic E-state index is 0.0166. The van der Waals surface area contributed by atoms with Gasteiger partial charge in [0.2, 0.25) is 0 Å². The van der Waals surface area contributed by atoms with Crippen molar-refractivity contribution in [2.24, 2.45) is 0 Å². The van der Waals surface area contributed by atoms with Crippen molar-refractivity contribution >= 4 is 0 Å². The molecule has 4 nitrogen and oxygen atoms in total. The van der Waals surface area contributed by atoms with Crippen LogP contribution in [0.4, 0.5) is 0 Å². The predicted molar refractivity (Wildman–Crippen MR) is 71.0 cm³/mol. The van der Waals surface area contributed by atoms with E-state index >= 15 is 0 Å². The van der Waals surface area contributed by atoms with Crippen molar-refractivity contribution in [3.63, 3.8) is 0 Å². The summed E-state index contributed by atoms with van der Waals surface area (Å²) in [5.74, 6) is 0. The standard InChI is InChI=1S/C14H17N3O/c1-11(2)8-13(10-18)17-9-14(15-16-17)12-6-4-3-5-7-12/h3-9,13,18H,10H2,1-2H3. The normalized spacial score (nSPS) is 12.2. The van der Waals surface area contributed by atoms with Gasteiger partial charge in [-0.15, -0.1) is 5.10 Å². The molecule has 94 valence electrons. The number of benzene rings is 1. The highest BCUT2D eigenvalue weighted by atomic mass is 16.3. The molecule has 0 radical (unpaired) electrons. The molecule has 18 heavy (non-hydrogen) atoms. The highest BCUT2D eigenvalue weighted by Gasteiger charge is 2.10. The minimum atomic E-state index is -0.153. The quantitative estimate of drug-likeness (QED) is 0.839. The van der Waals surface area contributed by atoms with E-state index in [4.69, 9.17) is 0 Å². The van der Waals surface area contributed by atoms with Crippen LogP contribution in [0.1, 0.15) is 19.9 Å². The molecule has 1 aromatic heterocycles. The number of aliphatic hydroxyl groups excluding tert-OH is 1. The third-order valence-corrected chi connectivity index (χ3v) is 2.63. The van der Waals surface area contributed by atoms with Crippen molar-refractivity contribution in [3.05, 3.63) is 48.2 Å². The van der Waals surface area contributed by atoms with Crippen LogP contribution in [0.5, 0.6) is 0 Å². The second kappa shape index (κ2) is 5.60.